The first-order chi connectivity index (χ1) is 7.33. The van der Waals surface area contributed by atoms with Gasteiger partial charge in [-0.1, -0.05) is 0 Å². The van der Waals surface area contributed by atoms with E-state index < -0.39 is 36.2 Å². The molecular weight excluding hydrogens is 286 g/mol. The highest BCUT2D eigenvalue weighted by Gasteiger charge is 2.74. The van der Waals surface area contributed by atoms with E-state index in [2.05, 4.69) is 8.85 Å². The molecule has 1 radical (unpaired) electrons. The van der Waals surface area contributed by atoms with E-state index in [0.29, 0.717) is 0 Å². The maximum Gasteiger partial charge on any atom is 0.451 e. The van der Waals surface area contributed by atoms with Gasteiger partial charge in [-0.05, 0) is 26.2 Å². The summed E-state index contributed by atoms with van der Waals surface area (Å²) in [7, 11) is -4.85. The van der Waals surface area contributed by atoms with Crippen LogP contribution in [0.15, 0.2) is 0 Å². The zero-order chi connectivity index (χ0) is 14.1. The predicted octanol–water partition coefficient (Wildman–Crippen LogP) is 3.08. The average Bonchev–Trinajstić information content (AvgIpc) is 1.96. The smallest absolute Gasteiger partial charge is 0.381 e. The molecule has 17 heavy (non-hydrogen) atoms. The van der Waals surface area contributed by atoms with Gasteiger partial charge in [-0.3, -0.25) is 0 Å². The fourth-order valence-corrected chi connectivity index (χ4v) is 2.98. The minimum Gasteiger partial charge on any atom is -0.381 e. The van der Waals surface area contributed by atoms with Crippen molar-refractivity contribution in [2.45, 2.75) is 44.3 Å². The van der Waals surface area contributed by atoms with Gasteiger partial charge >= 0.3 is 18.1 Å². The highest BCUT2D eigenvalue weighted by Crippen LogP contribution is 2.47. The van der Waals surface area contributed by atoms with Crippen molar-refractivity contribution in [2.24, 2.45) is 0 Å². The standard InChI is InChI=1S/C7H13F6O2Si2/c1-16(2)14-5(6(8,9)10,7(11,12)13)15-17(3)4/h16H,1-4H3. The zero-order valence-corrected chi connectivity index (χ0v) is 11.8. The largest absolute Gasteiger partial charge is 0.451 e. The van der Waals surface area contributed by atoms with E-state index in [1.165, 1.54) is 26.2 Å². The van der Waals surface area contributed by atoms with Crippen LogP contribution in [0.1, 0.15) is 0 Å². The van der Waals surface area contributed by atoms with Crippen molar-refractivity contribution in [3.8, 4) is 0 Å². The number of halogens is 6. The topological polar surface area (TPSA) is 18.5 Å². The third-order valence-electron chi connectivity index (χ3n) is 1.50. The molecular formula is C7H13F6O2Si2. The Bertz CT molecular complexity index is 224. The summed E-state index contributed by atoms with van der Waals surface area (Å²) < 4.78 is 84.3. The van der Waals surface area contributed by atoms with Gasteiger partial charge in [0.05, 0.1) is 0 Å². The molecule has 0 aromatic rings. The Balaban J connectivity index is 5.55. The van der Waals surface area contributed by atoms with Gasteiger partial charge in [0.15, 0.2) is 9.04 Å². The molecule has 0 atom stereocenters. The van der Waals surface area contributed by atoms with Crippen molar-refractivity contribution in [3.05, 3.63) is 0 Å². The quantitative estimate of drug-likeness (QED) is 0.451. The van der Waals surface area contributed by atoms with Crippen molar-refractivity contribution in [1.29, 1.82) is 0 Å². The van der Waals surface area contributed by atoms with Gasteiger partial charge in [-0.15, -0.1) is 0 Å². The number of rotatable bonds is 4. The summed E-state index contributed by atoms with van der Waals surface area (Å²) in [6, 6.07) is 0. The molecule has 0 spiro atoms. The summed E-state index contributed by atoms with van der Waals surface area (Å²) in [5.74, 6) is -4.47. The van der Waals surface area contributed by atoms with Crippen LogP contribution in [0.5, 0.6) is 0 Å². The van der Waals surface area contributed by atoms with Crippen LogP contribution in [0.25, 0.3) is 0 Å². The first-order valence-corrected chi connectivity index (χ1v) is 9.83. The summed E-state index contributed by atoms with van der Waals surface area (Å²) in [6.07, 6.45) is -11.3. The van der Waals surface area contributed by atoms with Gasteiger partial charge < -0.3 is 8.85 Å². The fraction of sp³-hybridized carbons (Fsp3) is 1.00. The zero-order valence-electron chi connectivity index (χ0n) is 9.66. The second-order valence-corrected chi connectivity index (χ2v) is 8.14. The van der Waals surface area contributed by atoms with Gasteiger partial charge in [0.1, 0.15) is 0 Å². The second-order valence-electron chi connectivity index (χ2n) is 3.79. The molecule has 0 amide bonds. The average molecular weight is 299 g/mol. The Morgan fingerprint density at radius 2 is 1.24 bits per heavy atom. The van der Waals surface area contributed by atoms with E-state index in [1.54, 1.807) is 0 Å². The van der Waals surface area contributed by atoms with Crippen molar-refractivity contribution < 1.29 is 35.2 Å². The molecule has 2 nitrogen and oxygen atoms in total. The first-order valence-electron chi connectivity index (χ1n) is 4.64. The third kappa shape index (κ3) is 3.96. The molecule has 103 valence electrons. The molecule has 0 aromatic carbocycles. The highest BCUT2D eigenvalue weighted by atomic mass is 28.3. The first kappa shape index (κ1) is 16.9. The molecule has 0 aromatic heterocycles. The number of alkyl halides is 6. The maximum absolute atomic E-state index is 12.7. The Kier molecular flexibility index (Phi) is 5.26. The molecule has 0 aliphatic rings. The van der Waals surface area contributed by atoms with Crippen LogP contribution in [0.2, 0.25) is 26.2 Å². The lowest BCUT2D eigenvalue weighted by Crippen LogP contribution is -2.63. The SMILES string of the molecule is C[Si](C)OC(O[SiH](C)C)(C(F)(F)F)C(F)(F)F. The van der Waals surface area contributed by atoms with Crippen LogP contribution in [-0.2, 0) is 8.85 Å². The third-order valence-corrected chi connectivity index (χ3v) is 2.99. The van der Waals surface area contributed by atoms with Gasteiger partial charge in [0.25, 0.3) is 0 Å². The van der Waals surface area contributed by atoms with Crippen molar-refractivity contribution in [3.63, 3.8) is 0 Å². The van der Waals surface area contributed by atoms with Crippen LogP contribution in [0.3, 0.4) is 0 Å². The second kappa shape index (κ2) is 5.28. The van der Waals surface area contributed by atoms with Gasteiger partial charge in [0, 0.05) is 0 Å². The molecule has 0 N–H and O–H groups in total. The number of hydrogen-bond donors (Lipinski definition) is 0. The molecule has 0 unspecified atom stereocenters. The highest BCUT2D eigenvalue weighted by molar-refractivity contribution is 6.49. The van der Waals surface area contributed by atoms with E-state index in [0.717, 1.165) is 0 Å². The molecule has 0 saturated carbocycles. The Morgan fingerprint density at radius 1 is 0.882 bits per heavy atom. The van der Waals surface area contributed by atoms with E-state index in [-0.39, 0.29) is 0 Å². The minimum atomic E-state index is -5.65. The minimum absolute atomic E-state index is 1.18. The predicted molar refractivity (Wildman–Crippen MR) is 53.4 cm³/mol. The van der Waals surface area contributed by atoms with Crippen LogP contribution < -0.4 is 0 Å². The molecule has 10 heteroatoms. The monoisotopic (exact) mass is 299 g/mol. The molecule has 0 aliphatic carbocycles. The molecule has 0 rings (SSSR count). The van der Waals surface area contributed by atoms with Gasteiger partial charge in [-0.25, -0.2) is 0 Å². The summed E-state index contributed by atoms with van der Waals surface area (Å²) in [5.41, 5.74) is 0. The Labute approximate surface area is 98.4 Å². The summed E-state index contributed by atoms with van der Waals surface area (Å²) in [5, 5.41) is 0. The normalized spacial score (nSPS) is 14.8. The van der Waals surface area contributed by atoms with Crippen molar-refractivity contribution >= 4 is 18.1 Å². The molecule has 0 aliphatic heterocycles. The van der Waals surface area contributed by atoms with E-state index in [1.807, 2.05) is 0 Å². The molecule has 0 saturated heterocycles. The van der Waals surface area contributed by atoms with E-state index in [9.17, 15) is 26.3 Å². The Morgan fingerprint density at radius 3 is 1.41 bits per heavy atom. The van der Waals surface area contributed by atoms with Crippen LogP contribution >= 0.6 is 0 Å². The van der Waals surface area contributed by atoms with Crippen LogP contribution in [-0.4, -0.2) is 36.2 Å². The summed E-state index contributed by atoms with van der Waals surface area (Å²) in [6.45, 7) is 4.80. The lowest BCUT2D eigenvalue weighted by molar-refractivity contribution is -0.427. The number of hydrogen-bond acceptors (Lipinski definition) is 2. The Hall–Kier alpha value is -0.0662. The molecule has 0 fully saturated rings. The van der Waals surface area contributed by atoms with E-state index in [4.69, 9.17) is 0 Å². The van der Waals surface area contributed by atoms with Crippen molar-refractivity contribution in [2.75, 3.05) is 0 Å². The van der Waals surface area contributed by atoms with Gasteiger partial charge in [0.2, 0.25) is 9.04 Å². The lowest BCUT2D eigenvalue weighted by atomic mass is 10.3. The van der Waals surface area contributed by atoms with Crippen LogP contribution in [0.4, 0.5) is 26.3 Å². The molecule has 0 bridgehead atoms. The summed E-state index contributed by atoms with van der Waals surface area (Å²) >= 11 is 0. The van der Waals surface area contributed by atoms with Crippen LogP contribution in [0, 0.1) is 0 Å². The molecule has 0 heterocycles. The van der Waals surface area contributed by atoms with Crippen molar-refractivity contribution in [1.82, 2.24) is 0 Å². The summed E-state index contributed by atoms with van der Waals surface area (Å²) in [4.78, 5) is 0. The maximum atomic E-state index is 12.7. The lowest BCUT2D eigenvalue weighted by Gasteiger charge is -2.39. The van der Waals surface area contributed by atoms with Gasteiger partial charge in [-0.2, -0.15) is 26.3 Å². The fourth-order valence-electron chi connectivity index (χ4n) is 1.05. The van der Waals surface area contributed by atoms with E-state index >= 15 is 0 Å².